The zero-order chi connectivity index (χ0) is 32.1. The molecule has 0 bridgehead atoms. The molecule has 4 N–H and O–H groups in total. The van der Waals surface area contributed by atoms with E-state index in [0.29, 0.717) is 36.1 Å². The standard InChI is InChI=1S/C37H58N2O5S/c1-5-28-32-21-26(40)17-19-37(32,4)31-18-20-36(3)29(15-16-30(36)33(31)34(28)41)23(2)22-38-35(42)39-45(43,44)27-13-11-25(12-14-27)24-9-7-6-8-10-24/h11-14,23-24,26,28-34,40-41H,5-10,15-22H2,1-4H3,(H2,38,39,42)/t23-,26-,28-,29-,30+,31+,32?,33+,34-,36?,37?/m1/s1. The number of hydrogen-bond acceptors (Lipinski definition) is 5. The summed E-state index contributed by atoms with van der Waals surface area (Å²) in [5.74, 6) is 2.94. The molecular weight excluding hydrogens is 584 g/mol. The highest BCUT2D eigenvalue weighted by atomic mass is 32.2. The number of hydrogen-bond donors (Lipinski definition) is 4. The maximum absolute atomic E-state index is 13.0. The summed E-state index contributed by atoms with van der Waals surface area (Å²) in [7, 11) is -3.96. The zero-order valence-electron chi connectivity index (χ0n) is 28.0. The number of amides is 2. The van der Waals surface area contributed by atoms with Crippen molar-refractivity contribution in [3.63, 3.8) is 0 Å². The Kier molecular flexibility index (Phi) is 9.43. The molecule has 8 heteroatoms. The molecule has 5 fully saturated rings. The molecular formula is C37H58N2O5S. The predicted molar refractivity (Wildman–Crippen MR) is 177 cm³/mol. The topological polar surface area (TPSA) is 116 Å². The van der Waals surface area contributed by atoms with Gasteiger partial charge >= 0.3 is 6.03 Å². The first-order valence-electron chi connectivity index (χ1n) is 18.2. The molecule has 1 aromatic rings. The number of aliphatic hydroxyl groups is 2. The molecule has 5 aliphatic carbocycles. The molecule has 0 aliphatic heterocycles. The van der Waals surface area contributed by atoms with Crippen LogP contribution in [0.15, 0.2) is 29.2 Å². The Hall–Kier alpha value is -1.64. The van der Waals surface area contributed by atoms with Gasteiger partial charge in [0.2, 0.25) is 0 Å². The van der Waals surface area contributed by atoms with Gasteiger partial charge in [0.25, 0.3) is 10.0 Å². The highest BCUT2D eigenvalue weighted by Gasteiger charge is 2.64. The lowest BCUT2D eigenvalue weighted by Gasteiger charge is -2.64. The highest BCUT2D eigenvalue weighted by Crippen LogP contribution is 2.69. The second-order valence-corrected chi connectivity index (χ2v) is 18.0. The molecule has 7 nitrogen and oxygen atoms in total. The van der Waals surface area contributed by atoms with Crippen LogP contribution in [-0.2, 0) is 10.0 Å². The molecule has 3 unspecified atom stereocenters. The van der Waals surface area contributed by atoms with Crippen molar-refractivity contribution in [1.82, 2.24) is 10.0 Å². The van der Waals surface area contributed by atoms with Crippen molar-refractivity contribution in [3.8, 4) is 0 Å². The fourth-order valence-corrected chi connectivity index (χ4v) is 12.8. The largest absolute Gasteiger partial charge is 0.393 e. The first-order chi connectivity index (χ1) is 21.4. The maximum Gasteiger partial charge on any atom is 0.328 e. The number of fused-ring (bicyclic) bond motifs is 5. The second-order valence-electron chi connectivity index (χ2n) is 16.3. The average molecular weight is 643 g/mol. The Labute approximate surface area is 271 Å². The Balaban J connectivity index is 1.08. The molecule has 252 valence electrons. The predicted octanol–water partition coefficient (Wildman–Crippen LogP) is 6.99. The van der Waals surface area contributed by atoms with E-state index in [1.165, 1.54) is 24.8 Å². The van der Waals surface area contributed by atoms with E-state index in [-0.39, 0.29) is 45.7 Å². The number of rotatable bonds is 7. The van der Waals surface area contributed by atoms with E-state index in [1.54, 1.807) is 12.1 Å². The quantitative estimate of drug-likeness (QED) is 0.256. The van der Waals surface area contributed by atoms with Crippen molar-refractivity contribution in [2.24, 2.45) is 52.3 Å². The smallest absolute Gasteiger partial charge is 0.328 e. The first kappa shape index (κ1) is 33.3. The van der Waals surface area contributed by atoms with Crippen LogP contribution in [-0.4, -0.2) is 43.4 Å². The molecule has 5 saturated carbocycles. The minimum Gasteiger partial charge on any atom is -0.393 e. The van der Waals surface area contributed by atoms with Gasteiger partial charge in [0, 0.05) is 6.54 Å². The summed E-state index contributed by atoms with van der Waals surface area (Å²) in [6.07, 6.45) is 13.6. The molecule has 2 amide bonds. The van der Waals surface area contributed by atoms with Crippen LogP contribution in [0.4, 0.5) is 4.79 Å². The number of carbonyl (C=O) groups is 1. The van der Waals surface area contributed by atoms with E-state index in [0.717, 1.165) is 64.2 Å². The Morgan fingerprint density at radius 1 is 0.911 bits per heavy atom. The molecule has 0 spiro atoms. The number of urea groups is 1. The average Bonchev–Trinajstić information content (AvgIpc) is 3.38. The highest BCUT2D eigenvalue weighted by molar-refractivity contribution is 7.90. The molecule has 6 rings (SSSR count). The van der Waals surface area contributed by atoms with Crippen LogP contribution < -0.4 is 10.0 Å². The van der Waals surface area contributed by atoms with Gasteiger partial charge in [-0.05, 0) is 134 Å². The molecule has 11 atom stereocenters. The number of benzene rings is 1. The van der Waals surface area contributed by atoms with Gasteiger partial charge in [0.05, 0.1) is 17.1 Å². The Morgan fingerprint density at radius 2 is 1.58 bits per heavy atom. The molecule has 5 aliphatic rings. The number of nitrogens with one attached hydrogen (secondary N) is 2. The van der Waals surface area contributed by atoms with Crippen molar-refractivity contribution in [2.75, 3.05) is 6.54 Å². The number of carbonyl (C=O) groups excluding carboxylic acids is 1. The monoisotopic (exact) mass is 642 g/mol. The van der Waals surface area contributed by atoms with E-state index < -0.39 is 16.1 Å². The van der Waals surface area contributed by atoms with Gasteiger partial charge in [-0.15, -0.1) is 0 Å². The van der Waals surface area contributed by atoms with E-state index in [4.69, 9.17) is 0 Å². The zero-order valence-corrected chi connectivity index (χ0v) is 28.8. The van der Waals surface area contributed by atoms with Gasteiger partial charge in [-0.25, -0.2) is 17.9 Å². The summed E-state index contributed by atoms with van der Waals surface area (Å²) in [5.41, 5.74) is 1.44. The molecule has 0 radical (unpaired) electrons. The lowest BCUT2D eigenvalue weighted by atomic mass is 9.41. The van der Waals surface area contributed by atoms with E-state index in [9.17, 15) is 23.4 Å². The van der Waals surface area contributed by atoms with Gasteiger partial charge in [-0.2, -0.15) is 0 Å². The fraction of sp³-hybridized carbons (Fsp3) is 0.811. The molecule has 0 saturated heterocycles. The van der Waals surface area contributed by atoms with Crippen molar-refractivity contribution >= 4 is 16.1 Å². The van der Waals surface area contributed by atoms with Gasteiger partial charge in [0.15, 0.2) is 0 Å². The summed E-state index contributed by atoms with van der Waals surface area (Å²) in [6.45, 7) is 9.71. The first-order valence-corrected chi connectivity index (χ1v) is 19.6. The minimum atomic E-state index is -3.96. The van der Waals surface area contributed by atoms with Gasteiger partial charge < -0.3 is 15.5 Å². The number of sulfonamides is 1. The minimum absolute atomic E-state index is 0.0849. The molecule has 45 heavy (non-hydrogen) atoms. The normalized spacial score (nSPS) is 40.9. The molecule has 0 heterocycles. The second kappa shape index (κ2) is 12.8. The van der Waals surface area contributed by atoms with Crippen LogP contribution in [0.1, 0.15) is 123 Å². The summed E-state index contributed by atoms with van der Waals surface area (Å²) < 4.78 is 28.3. The summed E-state index contributed by atoms with van der Waals surface area (Å²) >= 11 is 0. The van der Waals surface area contributed by atoms with Crippen molar-refractivity contribution in [1.29, 1.82) is 0 Å². The van der Waals surface area contributed by atoms with E-state index >= 15 is 0 Å². The van der Waals surface area contributed by atoms with Crippen LogP contribution in [0, 0.1) is 52.3 Å². The van der Waals surface area contributed by atoms with Crippen molar-refractivity contribution < 1.29 is 23.4 Å². The lowest BCUT2D eigenvalue weighted by Crippen LogP contribution is -2.62. The summed E-state index contributed by atoms with van der Waals surface area (Å²) in [6, 6.07) is 6.38. The van der Waals surface area contributed by atoms with Crippen LogP contribution >= 0.6 is 0 Å². The van der Waals surface area contributed by atoms with Gasteiger partial charge in [-0.1, -0.05) is 65.5 Å². The Morgan fingerprint density at radius 3 is 2.27 bits per heavy atom. The van der Waals surface area contributed by atoms with Crippen LogP contribution in [0.25, 0.3) is 0 Å². The third kappa shape index (κ3) is 5.99. The fourth-order valence-electron chi connectivity index (χ4n) is 11.9. The lowest BCUT2D eigenvalue weighted by molar-refractivity contribution is -0.203. The van der Waals surface area contributed by atoms with Gasteiger partial charge in [0.1, 0.15) is 0 Å². The van der Waals surface area contributed by atoms with Crippen molar-refractivity contribution in [2.45, 2.75) is 134 Å². The third-order valence-electron chi connectivity index (χ3n) is 14.2. The third-order valence-corrected chi connectivity index (χ3v) is 15.6. The summed E-state index contributed by atoms with van der Waals surface area (Å²) in [5, 5.41) is 25.4. The summed E-state index contributed by atoms with van der Waals surface area (Å²) in [4.78, 5) is 13.0. The van der Waals surface area contributed by atoms with Crippen LogP contribution in [0.2, 0.25) is 0 Å². The van der Waals surface area contributed by atoms with Crippen LogP contribution in [0.3, 0.4) is 0 Å². The SMILES string of the molecule is CC[C@@H]1C2C[C@H](O)CCC2(C)[C@H]2CCC3(C)[C@@H]([C@H](C)CNC(=O)NS(=O)(=O)c4ccc(C5CCCCC5)cc4)CC[C@H]3[C@@H]2[C@@H]1O. The maximum atomic E-state index is 13.0. The van der Waals surface area contributed by atoms with E-state index in [2.05, 4.69) is 37.7 Å². The Bertz CT molecular complexity index is 1310. The van der Waals surface area contributed by atoms with Crippen LogP contribution in [0.5, 0.6) is 0 Å². The van der Waals surface area contributed by atoms with E-state index in [1.807, 2.05) is 12.1 Å². The van der Waals surface area contributed by atoms with Crippen molar-refractivity contribution in [3.05, 3.63) is 29.8 Å². The molecule has 1 aromatic carbocycles. The number of aliphatic hydroxyl groups excluding tert-OH is 2. The molecule has 0 aromatic heterocycles. The van der Waals surface area contributed by atoms with Gasteiger partial charge in [-0.3, -0.25) is 0 Å².